The number of H-pyrrole nitrogens is 1. The summed E-state index contributed by atoms with van der Waals surface area (Å²) in [5.41, 5.74) is 2.78. The number of aromatic amines is 1. The molecule has 2 rings (SSSR count). The summed E-state index contributed by atoms with van der Waals surface area (Å²) in [6.45, 7) is 2.28. The highest BCUT2D eigenvalue weighted by Crippen LogP contribution is 2.36. The van der Waals surface area contributed by atoms with Crippen molar-refractivity contribution in [3.05, 3.63) is 27.1 Å². The zero-order valence-electron chi connectivity index (χ0n) is 7.10. The van der Waals surface area contributed by atoms with Gasteiger partial charge in [0.1, 0.15) is 0 Å². The van der Waals surface area contributed by atoms with Crippen LogP contribution in [0.4, 0.5) is 0 Å². The fourth-order valence-electron chi connectivity index (χ4n) is 1.66. The summed E-state index contributed by atoms with van der Waals surface area (Å²) in [4.78, 5) is 3.30. The molecule has 0 spiro atoms. The number of hydrogen-bond donors (Lipinski definition) is 1. The van der Waals surface area contributed by atoms with Crippen molar-refractivity contribution < 1.29 is 0 Å². The van der Waals surface area contributed by atoms with E-state index in [-0.39, 0.29) is 20.7 Å². The molecule has 1 nitrogen and oxygen atoms in total. The molecular formula is C10H12IN. The maximum atomic E-state index is 4.03. The molecule has 0 amide bonds. The predicted molar refractivity (Wildman–Crippen MR) is 62.9 cm³/mol. The van der Waals surface area contributed by atoms with Crippen molar-refractivity contribution in [1.82, 2.24) is 4.98 Å². The molecular weight excluding hydrogens is 261 g/mol. The molecule has 12 heavy (non-hydrogen) atoms. The summed E-state index contributed by atoms with van der Waals surface area (Å²) in [5.74, 6) is 0.663. The molecule has 0 aliphatic heterocycles. The zero-order chi connectivity index (χ0) is 8.55. The average molecular weight is 273 g/mol. The lowest BCUT2D eigenvalue weighted by molar-refractivity contribution is 0.745. The molecule has 64 valence electrons. The van der Waals surface area contributed by atoms with E-state index in [0.29, 0.717) is 5.92 Å². The lowest BCUT2D eigenvalue weighted by Gasteiger charge is -2.16. The fourth-order valence-corrected chi connectivity index (χ4v) is 3.19. The van der Waals surface area contributed by atoms with E-state index in [1.807, 2.05) is 6.20 Å². The molecule has 1 atom stereocenters. The van der Waals surface area contributed by atoms with Gasteiger partial charge >= 0.3 is 0 Å². The Morgan fingerprint density at radius 2 is 2.50 bits per heavy atom. The van der Waals surface area contributed by atoms with Crippen LogP contribution in [0.5, 0.6) is 0 Å². The minimum absolute atomic E-state index is 0.0494. The van der Waals surface area contributed by atoms with Crippen LogP contribution in [0, 0.1) is 0 Å². The van der Waals surface area contributed by atoms with Crippen LogP contribution in [0.1, 0.15) is 30.5 Å². The van der Waals surface area contributed by atoms with Gasteiger partial charge < -0.3 is 4.98 Å². The topological polar surface area (TPSA) is 15.8 Å². The molecule has 1 aromatic rings. The molecule has 0 aromatic carbocycles. The van der Waals surface area contributed by atoms with E-state index in [1.54, 1.807) is 3.58 Å². The van der Waals surface area contributed by atoms with Crippen LogP contribution in [0.15, 0.2) is 15.8 Å². The Hall–Kier alpha value is -0.380. The van der Waals surface area contributed by atoms with E-state index >= 15 is 0 Å². The number of fused-ring (bicyclic) bond motifs is 1. The second-order valence-electron chi connectivity index (χ2n) is 3.18. The summed E-state index contributed by atoms with van der Waals surface area (Å²) in [6.07, 6.45) is 5.55. The van der Waals surface area contributed by atoms with Gasteiger partial charge in [0.25, 0.3) is 0 Å². The Bertz CT molecular complexity index is 335. The van der Waals surface area contributed by atoms with Gasteiger partial charge in [0.05, 0.1) is 0 Å². The van der Waals surface area contributed by atoms with Gasteiger partial charge in [0, 0.05) is 17.8 Å². The molecule has 1 unspecified atom stereocenters. The van der Waals surface area contributed by atoms with Crippen molar-refractivity contribution in [2.24, 2.45) is 0 Å². The van der Waals surface area contributed by atoms with Crippen LogP contribution < -0.4 is 0 Å². The molecule has 2 heteroatoms. The van der Waals surface area contributed by atoms with Gasteiger partial charge in [-0.3, -0.25) is 0 Å². The highest BCUT2D eigenvalue weighted by molar-refractivity contribution is 14.2. The Labute approximate surface area is 82.6 Å². The Balaban J connectivity index is 2.48. The van der Waals surface area contributed by atoms with E-state index in [0.717, 1.165) is 0 Å². The van der Waals surface area contributed by atoms with Crippen LogP contribution in [0.2, 0.25) is 0 Å². The highest BCUT2D eigenvalue weighted by atomic mass is 127. The van der Waals surface area contributed by atoms with Crippen molar-refractivity contribution in [1.29, 1.82) is 0 Å². The SMILES string of the molecule is C=IC1=Cc2cc[nH]c2C(C)C1. The summed E-state index contributed by atoms with van der Waals surface area (Å²) in [5, 5.41) is 0. The third kappa shape index (κ3) is 1.28. The average Bonchev–Trinajstić information content (AvgIpc) is 2.52. The smallest absolute Gasteiger partial charge is 0.0253 e. The van der Waals surface area contributed by atoms with E-state index in [9.17, 15) is 0 Å². The Kier molecular flexibility index (Phi) is 2.17. The van der Waals surface area contributed by atoms with Gasteiger partial charge in [0.2, 0.25) is 0 Å². The minimum atomic E-state index is 0.0494. The molecule has 0 saturated heterocycles. The number of allylic oxidation sites excluding steroid dienone is 1. The van der Waals surface area contributed by atoms with Crippen molar-refractivity contribution in [2.45, 2.75) is 19.3 Å². The first kappa shape index (κ1) is 8.23. The van der Waals surface area contributed by atoms with Crippen LogP contribution in [0.25, 0.3) is 6.08 Å². The number of aromatic nitrogens is 1. The maximum absolute atomic E-state index is 4.03. The van der Waals surface area contributed by atoms with Gasteiger partial charge in [-0.2, -0.15) is 0 Å². The van der Waals surface area contributed by atoms with Crippen LogP contribution in [-0.4, -0.2) is 9.50 Å². The van der Waals surface area contributed by atoms with Crippen molar-refractivity contribution in [2.75, 3.05) is 0 Å². The van der Waals surface area contributed by atoms with Gasteiger partial charge in [0.15, 0.2) is 0 Å². The van der Waals surface area contributed by atoms with Gasteiger partial charge in [-0.15, -0.1) is 0 Å². The first-order valence-corrected chi connectivity index (χ1v) is 6.68. The van der Waals surface area contributed by atoms with Crippen LogP contribution in [0.3, 0.4) is 0 Å². The van der Waals surface area contributed by atoms with Crippen LogP contribution in [-0.2, 0) is 0 Å². The lowest BCUT2D eigenvalue weighted by atomic mass is 9.95. The molecule has 1 heterocycles. The number of nitrogens with one attached hydrogen (secondary N) is 1. The molecule has 0 fully saturated rings. The monoisotopic (exact) mass is 273 g/mol. The second kappa shape index (κ2) is 3.17. The summed E-state index contributed by atoms with van der Waals surface area (Å²) in [7, 11) is 0. The number of halogens is 1. The molecule has 0 bridgehead atoms. The normalized spacial score (nSPS) is 21.8. The Morgan fingerprint density at radius 3 is 3.25 bits per heavy atom. The van der Waals surface area contributed by atoms with E-state index in [1.165, 1.54) is 17.7 Å². The first-order chi connectivity index (χ1) is 5.81. The molecule has 0 saturated carbocycles. The number of rotatable bonds is 1. The molecule has 1 aliphatic carbocycles. The summed E-state index contributed by atoms with van der Waals surface area (Å²) in [6, 6.07) is 2.16. The largest absolute Gasteiger partial charge is 0.364 e. The maximum Gasteiger partial charge on any atom is 0.0253 e. The number of hydrogen-bond acceptors (Lipinski definition) is 0. The highest BCUT2D eigenvalue weighted by Gasteiger charge is 2.16. The van der Waals surface area contributed by atoms with Gasteiger partial charge in [-0.25, -0.2) is 0 Å². The van der Waals surface area contributed by atoms with Crippen molar-refractivity contribution >= 4 is 31.3 Å². The fraction of sp³-hybridized carbons (Fsp3) is 0.300. The molecule has 1 aliphatic rings. The van der Waals surface area contributed by atoms with E-state index in [2.05, 4.69) is 28.6 Å². The third-order valence-electron chi connectivity index (χ3n) is 2.29. The van der Waals surface area contributed by atoms with Gasteiger partial charge in [-0.05, 0) is 27.7 Å². The van der Waals surface area contributed by atoms with Crippen molar-refractivity contribution in [3.8, 4) is 0 Å². The zero-order valence-corrected chi connectivity index (χ0v) is 9.26. The first-order valence-electron chi connectivity index (χ1n) is 4.07. The van der Waals surface area contributed by atoms with Gasteiger partial charge in [-0.1, -0.05) is 32.2 Å². The standard InChI is InChI=1S/C10H12IN/c1-7-5-9(11-2)6-8-3-4-12-10(7)8/h3-4,6-7,12H,2,5H2,1H3. The lowest BCUT2D eigenvalue weighted by Crippen LogP contribution is -2.00. The molecule has 1 N–H and O–H groups in total. The second-order valence-corrected chi connectivity index (χ2v) is 5.33. The van der Waals surface area contributed by atoms with Crippen LogP contribution >= 0.6 is 20.7 Å². The molecule has 0 radical (unpaired) electrons. The minimum Gasteiger partial charge on any atom is -0.364 e. The quantitative estimate of drug-likeness (QED) is 0.756. The Morgan fingerprint density at radius 1 is 1.67 bits per heavy atom. The summed E-state index contributed by atoms with van der Waals surface area (Å²) < 4.78 is 5.61. The van der Waals surface area contributed by atoms with E-state index in [4.69, 9.17) is 0 Å². The van der Waals surface area contributed by atoms with Crippen molar-refractivity contribution in [3.63, 3.8) is 0 Å². The third-order valence-corrected chi connectivity index (χ3v) is 4.02. The predicted octanol–water partition coefficient (Wildman–Crippen LogP) is 3.27. The van der Waals surface area contributed by atoms with E-state index < -0.39 is 0 Å². The summed E-state index contributed by atoms with van der Waals surface area (Å²) >= 11 is 0.0494. The molecule has 1 aromatic heterocycles.